The quantitative estimate of drug-likeness (QED) is 0.664. The molecule has 0 aromatic rings. The standard InChI is InChI=1S/C23H34O2/c1-13-10-17-18(22(4)8-6-16(25)12-19(13)22)7-9-23(5)20(17)11-14(2)21(23)15(3)24/h16-18,20,25H,6-12H2,1-5H3/t16-,17?,18?,20?,22?,23-/m0/s1. The lowest BCUT2D eigenvalue weighted by atomic mass is 9.46. The third kappa shape index (κ3) is 2.29. The fourth-order valence-corrected chi connectivity index (χ4v) is 7.73. The summed E-state index contributed by atoms with van der Waals surface area (Å²) in [5.74, 6) is 2.37. The van der Waals surface area contributed by atoms with Crippen LogP contribution in [-0.4, -0.2) is 17.0 Å². The highest BCUT2D eigenvalue weighted by Gasteiger charge is 2.58. The highest BCUT2D eigenvalue weighted by Crippen LogP contribution is 2.66. The van der Waals surface area contributed by atoms with Gasteiger partial charge < -0.3 is 5.11 Å². The van der Waals surface area contributed by atoms with Gasteiger partial charge in [-0.3, -0.25) is 4.79 Å². The summed E-state index contributed by atoms with van der Waals surface area (Å²) in [7, 11) is 0. The SMILES string of the molecule is CC(=O)C1=C(C)CC2C3CC(C)=C4C[C@@H](O)CCC4(C)C3CC[C@]12C. The smallest absolute Gasteiger partial charge is 0.156 e. The van der Waals surface area contributed by atoms with Crippen molar-refractivity contribution in [3.63, 3.8) is 0 Å². The zero-order valence-corrected chi connectivity index (χ0v) is 16.6. The molecule has 0 aromatic heterocycles. The van der Waals surface area contributed by atoms with Crippen molar-refractivity contribution >= 4 is 5.78 Å². The third-order valence-electron chi connectivity index (χ3n) is 8.70. The van der Waals surface area contributed by atoms with Crippen LogP contribution in [0.4, 0.5) is 0 Å². The zero-order chi connectivity index (χ0) is 18.1. The van der Waals surface area contributed by atoms with Crippen molar-refractivity contribution in [3.05, 3.63) is 22.3 Å². The molecule has 4 aliphatic carbocycles. The number of aliphatic hydroxyl groups excluding tert-OH is 1. The van der Waals surface area contributed by atoms with Crippen LogP contribution in [0.2, 0.25) is 0 Å². The molecule has 0 heterocycles. The van der Waals surface area contributed by atoms with Crippen LogP contribution in [0, 0.1) is 28.6 Å². The van der Waals surface area contributed by atoms with Crippen molar-refractivity contribution in [1.82, 2.24) is 0 Å². The molecule has 4 unspecified atom stereocenters. The molecule has 2 heteroatoms. The first kappa shape index (κ1) is 17.5. The van der Waals surface area contributed by atoms with E-state index in [-0.39, 0.29) is 16.9 Å². The van der Waals surface area contributed by atoms with E-state index in [9.17, 15) is 9.90 Å². The first-order chi connectivity index (χ1) is 11.7. The topological polar surface area (TPSA) is 37.3 Å². The minimum absolute atomic E-state index is 0.0966. The van der Waals surface area contributed by atoms with Crippen molar-refractivity contribution in [2.45, 2.75) is 85.7 Å². The summed E-state index contributed by atoms with van der Waals surface area (Å²) in [4.78, 5) is 12.4. The molecule has 25 heavy (non-hydrogen) atoms. The van der Waals surface area contributed by atoms with Gasteiger partial charge in [-0.15, -0.1) is 0 Å². The summed E-state index contributed by atoms with van der Waals surface area (Å²) >= 11 is 0. The van der Waals surface area contributed by atoms with E-state index in [0.29, 0.717) is 17.6 Å². The molecule has 0 amide bonds. The Labute approximate surface area is 152 Å². The van der Waals surface area contributed by atoms with E-state index in [1.54, 1.807) is 18.1 Å². The van der Waals surface area contributed by atoms with E-state index in [1.807, 2.05) is 0 Å². The lowest BCUT2D eigenvalue weighted by molar-refractivity contribution is -0.115. The van der Waals surface area contributed by atoms with E-state index in [4.69, 9.17) is 0 Å². The lowest BCUT2D eigenvalue weighted by Gasteiger charge is -2.58. The van der Waals surface area contributed by atoms with Crippen molar-refractivity contribution in [1.29, 1.82) is 0 Å². The van der Waals surface area contributed by atoms with Gasteiger partial charge in [-0.25, -0.2) is 0 Å². The summed E-state index contributed by atoms with van der Waals surface area (Å²) < 4.78 is 0. The van der Waals surface area contributed by atoms with Crippen molar-refractivity contribution in [2.75, 3.05) is 0 Å². The summed E-state index contributed by atoms with van der Waals surface area (Å²) in [6.07, 6.45) is 7.55. The molecule has 2 nitrogen and oxygen atoms in total. The van der Waals surface area contributed by atoms with Crippen LogP contribution in [0.3, 0.4) is 0 Å². The Bertz CT molecular complexity index is 684. The summed E-state index contributed by atoms with van der Waals surface area (Å²) in [5.41, 5.74) is 6.01. The predicted octanol–water partition coefficient (Wildman–Crippen LogP) is 5.22. The van der Waals surface area contributed by atoms with Crippen LogP contribution in [0.1, 0.15) is 79.6 Å². The molecule has 2 fully saturated rings. The van der Waals surface area contributed by atoms with Gasteiger partial charge in [-0.2, -0.15) is 0 Å². The Hall–Kier alpha value is -0.890. The first-order valence-corrected chi connectivity index (χ1v) is 10.3. The van der Waals surface area contributed by atoms with Gasteiger partial charge in [-0.05, 0) is 99.9 Å². The fourth-order valence-electron chi connectivity index (χ4n) is 7.73. The minimum Gasteiger partial charge on any atom is -0.393 e. The normalized spacial score (nSPS) is 46.6. The monoisotopic (exact) mass is 342 g/mol. The van der Waals surface area contributed by atoms with Gasteiger partial charge in [0.1, 0.15) is 0 Å². The highest BCUT2D eigenvalue weighted by atomic mass is 16.3. The molecule has 0 bridgehead atoms. The number of hydrogen-bond acceptors (Lipinski definition) is 2. The molecule has 6 atom stereocenters. The second-order valence-electron chi connectivity index (χ2n) is 10.0. The summed E-state index contributed by atoms with van der Waals surface area (Å²) in [6, 6.07) is 0. The molecular formula is C23H34O2. The van der Waals surface area contributed by atoms with Gasteiger partial charge in [0.15, 0.2) is 5.78 Å². The molecule has 0 saturated heterocycles. The number of carbonyl (C=O) groups is 1. The van der Waals surface area contributed by atoms with Crippen LogP contribution in [0.25, 0.3) is 0 Å². The molecule has 138 valence electrons. The van der Waals surface area contributed by atoms with Gasteiger partial charge >= 0.3 is 0 Å². The largest absolute Gasteiger partial charge is 0.393 e. The molecule has 2 saturated carbocycles. The Morgan fingerprint density at radius 2 is 1.64 bits per heavy atom. The van der Waals surface area contributed by atoms with Gasteiger partial charge in [-0.1, -0.05) is 30.6 Å². The molecule has 1 N–H and O–H groups in total. The maximum Gasteiger partial charge on any atom is 0.156 e. The molecule has 0 radical (unpaired) electrons. The Morgan fingerprint density at radius 3 is 2.32 bits per heavy atom. The van der Waals surface area contributed by atoms with E-state index in [0.717, 1.165) is 43.6 Å². The second-order valence-corrected chi connectivity index (χ2v) is 10.0. The van der Waals surface area contributed by atoms with E-state index in [2.05, 4.69) is 27.7 Å². The molecule has 0 aromatic carbocycles. The number of aliphatic hydroxyl groups is 1. The van der Waals surface area contributed by atoms with Crippen molar-refractivity contribution < 1.29 is 9.90 Å². The lowest BCUT2D eigenvalue weighted by Crippen LogP contribution is -2.51. The number of carbonyl (C=O) groups excluding carboxylic acids is 1. The van der Waals surface area contributed by atoms with Crippen LogP contribution in [0.15, 0.2) is 22.3 Å². The van der Waals surface area contributed by atoms with Crippen molar-refractivity contribution in [2.24, 2.45) is 28.6 Å². The van der Waals surface area contributed by atoms with Gasteiger partial charge in [0.25, 0.3) is 0 Å². The fraction of sp³-hybridized carbons (Fsp3) is 0.783. The zero-order valence-electron chi connectivity index (χ0n) is 16.6. The molecule has 4 rings (SSSR count). The van der Waals surface area contributed by atoms with Crippen LogP contribution >= 0.6 is 0 Å². The van der Waals surface area contributed by atoms with Gasteiger partial charge in [0.05, 0.1) is 6.10 Å². The minimum atomic E-state index is -0.136. The average molecular weight is 343 g/mol. The summed E-state index contributed by atoms with van der Waals surface area (Å²) in [6.45, 7) is 11.1. The molecular weight excluding hydrogens is 308 g/mol. The van der Waals surface area contributed by atoms with Crippen LogP contribution < -0.4 is 0 Å². The summed E-state index contributed by atoms with van der Waals surface area (Å²) in [5, 5.41) is 10.2. The predicted molar refractivity (Wildman–Crippen MR) is 101 cm³/mol. The van der Waals surface area contributed by atoms with E-state index >= 15 is 0 Å². The molecule has 0 spiro atoms. The third-order valence-corrected chi connectivity index (χ3v) is 8.70. The molecule has 0 aliphatic heterocycles. The number of fused-ring (bicyclic) bond motifs is 5. The number of Topliss-reactive ketones (excluding diaryl/α,β-unsaturated/α-hetero) is 1. The van der Waals surface area contributed by atoms with Gasteiger partial charge in [0, 0.05) is 0 Å². The van der Waals surface area contributed by atoms with Crippen molar-refractivity contribution in [3.8, 4) is 0 Å². The van der Waals surface area contributed by atoms with Gasteiger partial charge in [0.2, 0.25) is 0 Å². The van der Waals surface area contributed by atoms with E-state index < -0.39 is 0 Å². The Kier molecular flexibility index (Phi) is 3.89. The molecule has 4 aliphatic rings. The van der Waals surface area contributed by atoms with E-state index in [1.165, 1.54) is 18.4 Å². The maximum absolute atomic E-state index is 12.4. The first-order valence-electron chi connectivity index (χ1n) is 10.3. The average Bonchev–Trinajstić information content (AvgIpc) is 2.80. The Morgan fingerprint density at radius 1 is 0.960 bits per heavy atom. The Balaban J connectivity index is 1.74. The second kappa shape index (κ2) is 5.55. The maximum atomic E-state index is 12.4. The highest BCUT2D eigenvalue weighted by molar-refractivity contribution is 5.96. The number of rotatable bonds is 1. The number of allylic oxidation sites excluding steroid dienone is 3. The number of ketones is 1. The van der Waals surface area contributed by atoms with Crippen LogP contribution in [0.5, 0.6) is 0 Å². The number of hydrogen-bond donors (Lipinski definition) is 1. The van der Waals surface area contributed by atoms with Crippen LogP contribution in [-0.2, 0) is 4.79 Å².